The number of ketones is 1. The van der Waals surface area contributed by atoms with Crippen LogP contribution in [0.1, 0.15) is 32.6 Å². The Balaban J connectivity index is 2.54. The number of aliphatic carboxylic acids is 1. The van der Waals surface area contributed by atoms with E-state index in [1.54, 1.807) is 6.07 Å². The molecule has 0 amide bonds. The topological polar surface area (TPSA) is 97.7 Å². The van der Waals surface area contributed by atoms with Gasteiger partial charge in [0.05, 0.1) is 12.0 Å². The zero-order chi connectivity index (χ0) is 17.3. The minimum atomic E-state index is -4.19. The van der Waals surface area contributed by atoms with E-state index in [1.165, 1.54) is 32.2 Å². The number of ether oxygens (including phenoxy) is 1. The Morgan fingerprint density at radius 2 is 2.09 bits per heavy atom. The van der Waals surface area contributed by atoms with Gasteiger partial charge < -0.3 is 9.84 Å². The standard InChI is InChI=1S/C16H20O6S/c1-16(15(18)19,11-5-3-6-12(17)9-11)23(20,21)14-8-4-7-13(10-14)22-2/h4,7-8,10-11H,3,5-6,9H2,1-2H3,(H,18,19). The number of carboxylic acid groups (broad SMARTS) is 1. The SMILES string of the molecule is COc1cccc(S(=O)(=O)C(C)(C(=O)O)C2CCCC(=O)C2)c1. The lowest BCUT2D eigenvalue weighted by molar-refractivity contribution is -0.141. The summed E-state index contributed by atoms with van der Waals surface area (Å²) in [6.07, 6.45) is 1.27. The van der Waals surface area contributed by atoms with Crippen LogP contribution in [0.3, 0.4) is 0 Å². The van der Waals surface area contributed by atoms with Crippen LogP contribution < -0.4 is 4.74 Å². The predicted molar refractivity (Wildman–Crippen MR) is 83.2 cm³/mol. The van der Waals surface area contributed by atoms with Crippen molar-refractivity contribution in [2.24, 2.45) is 5.92 Å². The average molecular weight is 340 g/mol. The van der Waals surface area contributed by atoms with Gasteiger partial charge in [-0.1, -0.05) is 6.07 Å². The molecule has 0 bridgehead atoms. The van der Waals surface area contributed by atoms with Crippen molar-refractivity contribution in [2.45, 2.75) is 42.2 Å². The van der Waals surface area contributed by atoms with E-state index in [0.717, 1.165) is 0 Å². The van der Waals surface area contributed by atoms with Gasteiger partial charge in [-0.05, 0) is 43.9 Å². The molecule has 2 atom stereocenters. The van der Waals surface area contributed by atoms with Crippen molar-refractivity contribution in [3.8, 4) is 5.75 Å². The zero-order valence-electron chi connectivity index (χ0n) is 13.1. The van der Waals surface area contributed by atoms with Crippen molar-refractivity contribution < 1.29 is 27.9 Å². The smallest absolute Gasteiger partial charge is 0.325 e. The Morgan fingerprint density at radius 1 is 1.39 bits per heavy atom. The van der Waals surface area contributed by atoms with Crippen molar-refractivity contribution in [3.63, 3.8) is 0 Å². The highest BCUT2D eigenvalue weighted by atomic mass is 32.2. The summed E-state index contributed by atoms with van der Waals surface area (Å²) in [7, 11) is -2.78. The monoisotopic (exact) mass is 340 g/mol. The van der Waals surface area contributed by atoms with E-state index < -0.39 is 26.5 Å². The molecule has 1 aliphatic carbocycles. The molecule has 6 nitrogen and oxygen atoms in total. The maximum atomic E-state index is 13.0. The molecule has 1 aromatic rings. The molecule has 0 saturated heterocycles. The van der Waals surface area contributed by atoms with E-state index in [1.807, 2.05) is 0 Å². The molecule has 1 aliphatic rings. The third kappa shape index (κ3) is 2.97. The van der Waals surface area contributed by atoms with E-state index in [9.17, 15) is 23.1 Å². The van der Waals surface area contributed by atoms with Gasteiger partial charge in [-0.25, -0.2) is 8.42 Å². The molecule has 0 heterocycles. The van der Waals surface area contributed by atoms with E-state index in [0.29, 0.717) is 25.0 Å². The molecular formula is C16H20O6S. The molecule has 1 saturated carbocycles. The van der Waals surface area contributed by atoms with Gasteiger partial charge in [0.15, 0.2) is 14.6 Å². The minimum absolute atomic E-state index is 0.0218. The van der Waals surface area contributed by atoms with Crippen LogP contribution in [0.25, 0.3) is 0 Å². The number of hydrogen-bond donors (Lipinski definition) is 1. The molecule has 126 valence electrons. The molecule has 0 spiro atoms. The Bertz CT molecular complexity index is 724. The second-order valence-electron chi connectivity index (χ2n) is 5.93. The summed E-state index contributed by atoms with van der Waals surface area (Å²) >= 11 is 0. The third-order valence-corrected chi connectivity index (χ3v) is 7.09. The normalized spacial score (nSPS) is 21.5. The first-order valence-corrected chi connectivity index (χ1v) is 8.85. The van der Waals surface area contributed by atoms with Gasteiger partial charge >= 0.3 is 5.97 Å². The molecule has 0 aromatic heterocycles. The molecule has 23 heavy (non-hydrogen) atoms. The maximum Gasteiger partial charge on any atom is 0.325 e. The van der Waals surface area contributed by atoms with Crippen molar-refractivity contribution in [2.75, 3.05) is 7.11 Å². The Morgan fingerprint density at radius 3 is 2.65 bits per heavy atom. The number of carboxylic acids is 1. The molecule has 7 heteroatoms. The number of Topliss-reactive ketones (excluding diaryl/α,β-unsaturated/α-hetero) is 1. The minimum Gasteiger partial charge on any atom is -0.497 e. The van der Waals surface area contributed by atoms with Gasteiger partial charge in [0, 0.05) is 12.8 Å². The van der Waals surface area contributed by atoms with Crippen LogP contribution in [0.4, 0.5) is 0 Å². The number of carbonyl (C=O) groups excluding carboxylic acids is 1. The van der Waals surface area contributed by atoms with E-state index in [-0.39, 0.29) is 17.1 Å². The van der Waals surface area contributed by atoms with E-state index in [2.05, 4.69) is 0 Å². The van der Waals surface area contributed by atoms with Gasteiger partial charge in [-0.3, -0.25) is 9.59 Å². The van der Waals surface area contributed by atoms with Crippen molar-refractivity contribution >= 4 is 21.6 Å². The Hall–Kier alpha value is -1.89. The highest BCUT2D eigenvalue weighted by molar-refractivity contribution is 7.93. The summed E-state index contributed by atoms with van der Waals surface area (Å²) in [6.45, 7) is 1.20. The average Bonchev–Trinajstić information content (AvgIpc) is 2.53. The predicted octanol–water partition coefficient (Wildman–Crippen LogP) is 2.07. The number of benzene rings is 1. The number of hydrogen-bond acceptors (Lipinski definition) is 5. The van der Waals surface area contributed by atoms with E-state index in [4.69, 9.17) is 4.74 Å². The maximum absolute atomic E-state index is 13.0. The van der Waals surface area contributed by atoms with Gasteiger partial charge in [0.1, 0.15) is 11.5 Å². The largest absolute Gasteiger partial charge is 0.497 e. The van der Waals surface area contributed by atoms with Crippen LogP contribution in [0.5, 0.6) is 5.75 Å². The fraction of sp³-hybridized carbons (Fsp3) is 0.500. The summed E-state index contributed by atoms with van der Waals surface area (Å²) in [4.78, 5) is 23.5. The molecule has 1 fully saturated rings. The van der Waals surface area contributed by atoms with Crippen LogP contribution in [0, 0.1) is 5.92 Å². The van der Waals surface area contributed by atoms with E-state index >= 15 is 0 Å². The molecular weight excluding hydrogens is 320 g/mol. The number of sulfone groups is 1. The summed E-state index contributed by atoms with van der Waals surface area (Å²) in [5, 5.41) is 9.67. The molecule has 1 aromatic carbocycles. The van der Waals surface area contributed by atoms with Gasteiger partial charge in [0.25, 0.3) is 0 Å². The van der Waals surface area contributed by atoms with Crippen LogP contribution >= 0.6 is 0 Å². The lowest BCUT2D eigenvalue weighted by Gasteiger charge is -2.35. The number of rotatable bonds is 5. The summed E-state index contributed by atoms with van der Waals surface area (Å²) in [6, 6.07) is 5.74. The van der Waals surface area contributed by atoms with Crippen molar-refractivity contribution in [3.05, 3.63) is 24.3 Å². The highest BCUT2D eigenvalue weighted by Gasteiger charge is 2.54. The second kappa shape index (κ2) is 6.31. The van der Waals surface area contributed by atoms with Crippen LogP contribution in [-0.4, -0.2) is 37.1 Å². The fourth-order valence-electron chi connectivity index (χ4n) is 3.02. The highest BCUT2D eigenvalue weighted by Crippen LogP contribution is 2.40. The Labute approximate surface area is 135 Å². The lowest BCUT2D eigenvalue weighted by atomic mass is 9.79. The van der Waals surface area contributed by atoms with Crippen LogP contribution in [0.2, 0.25) is 0 Å². The van der Waals surface area contributed by atoms with Crippen molar-refractivity contribution in [1.29, 1.82) is 0 Å². The van der Waals surface area contributed by atoms with Crippen LogP contribution in [0.15, 0.2) is 29.2 Å². The fourth-order valence-corrected chi connectivity index (χ4v) is 4.91. The molecule has 1 N–H and O–H groups in total. The summed E-state index contributed by atoms with van der Waals surface area (Å²) < 4.78 is 29.0. The quantitative estimate of drug-likeness (QED) is 0.881. The number of methoxy groups -OCH3 is 1. The summed E-state index contributed by atoms with van der Waals surface area (Å²) in [5.41, 5.74) is 0. The molecule has 0 aliphatic heterocycles. The van der Waals surface area contributed by atoms with Gasteiger partial charge in [-0.15, -0.1) is 0 Å². The van der Waals surface area contributed by atoms with Crippen LogP contribution in [-0.2, 0) is 19.4 Å². The first-order valence-electron chi connectivity index (χ1n) is 7.37. The molecule has 2 rings (SSSR count). The molecule has 0 radical (unpaired) electrons. The van der Waals surface area contributed by atoms with Gasteiger partial charge in [-0.2, -0.15) is 0 Å². The first-order chi connectivity index (χ1) is 10.7. The second-order valence-corrected chi connectivity index (χ2v) is 8.25. The third-order valence-electron chi connectivity index (χ3n) is 4.60. The zero-order valence-corrected chi connectivity index (χ0v) is 13.9. The lowest BCUT2D eigenvalue weighted by Crippen LogP contribution is -2.51. The molecule has 2 unspecified atom stereocenters. The number of carbonyl (C=O) groups is 2. The van der Waals surface area contributed by atoms with Crippen molar-refractivity contribution in [1.82, 2.24) is 0 Å². The first kappa shape index (κ1) is 17.5. The summed E-state index contributed by atoms with van der Waals surface area (Å²) in [5.74, 6) is -1.93. The van der Waals surface area contributed by atoms with Gasteiger partial charge in [0.2, 0.25) is 0 Å². The Kier molecular flexibility index (Phi) is 4.79.